The first-order chi connectivity index (χ1) is 7.58. The van der Waals surface area contributed by atoms with Gasteiger partial charge in [0.25, 0.3) is 0 Å². The van der Waals surface area contributed by atoms with E-state index >= 15 is 0 Å². The van der Waals surface area contributed by atoms with Crippen LogP contribution in [-0.4, -0.2) is 21.3 Å². The second kappa shape index (κ2) is 4.46. The van der Waals surface area contributed by atoms with Crippen molar-refractivity contribution in [3.05, 3.63) is 23.8 Å². The highest BCUT2D eigenvalue weighted by Crippen LogP contribution is 2.38. The minimum absolute atomic E-state index is 0.154. The lowest BCUT2D eigenvalue weighted by Gasteiger charge is -2.39. The predicted octanol–water partition coefficient (Wildman–Crippen LogP) is 2.62. The Morgan fingerprint density at radius 3 is 2.53 bits per heavy atom. The number of rotatable bonds is 1. The molecule has 2 atom stereocenters. The fourth-order valence-corrected chi connectivity index (χ4v) is 1.92. The monoisotopic (exact) mass is 256 g/mol. The van der Waals surface area contributed by atoms with Crippen LogP contribution < -0.4 is 5.84 Å². The zero-order valence-corrected chi connectivity index (χ0v) is 11.9. The average molecular weight is 257 g/mol. The molecule has 1 amide bonds. The molecule has 0 aliphatic heterocycles. The summed E-state index contributed by atoms with van der Waals surface area (Å²) in [6.45, 7) is 9.46. The number of allylic oxidation sites excluding steroid dienone is 3. The molecule has 0 aromatic heterocycles. The number of carbonyl (C=O) groups excluding carboxylic acids is 1. The number of hydrazine groups is 1. The number of alkyl halides is 1. The number of nitrogens with zero attached hydrogens (tertiary/aromatic N) is 1. The molecule has 1 aliphatic carbocycles. The molecule has 96 valence electrons. The standard InChI is InChI=1S/C13H21ClN2O/c1-9-7-6-8-10(13(9,5)14)11(17)16(15)12(2,3)4/h6-8,10H,15H2,1-5H3. The Labute approximate surface area is 108 Å². The highest BCUT2D eigenvalue weighted by atomic mass is 35.5. The molecular formula is C13H21ClN2O. The molecule has 0 saturated heterocycles. The maximum absolute atomic E-state index is 12.3. The molecule has 0 fully saturated rings. The number of hydrogen-bond donors (Lipinski definition) is 1. The van der Waals surface area contributed by atoms with E-state index in [0.717, 1.165) is 5.57 Å². The van der Waals surface area contributed by atoms with Crippen LogP contribution in [0.3, 0.4) is 0 Å². The van der Waals surface area contributed by atoms with Crippen LogP contribution >= 0.6 is 11.6 Å². The molecule has 0 spiro atoms. The molecule has 3 nitrogen and oxygen atoms in total. The molecule has 0 radical (unpaired) electrons. The van der Waals surface area contributed by atoms with Crippen LogP contribution in [-0.2, 0) is 4.79 Å². The number of amides is 1. The normalized spacial score (nSPS) is 28.9. The molecular weight excluding hydrogens is 236 g/mol. The maximum atomic E-state index is 12.3. The summed E-state index contributed by atoms with van der Waals surface area (Å²) in [6, 6.07) is 0. The van der Waals surface area contributed by atoms with Gasteiger partial charge in [-0.2, -0.15) is 0 Å². The zero-order valence-electron chi connectivity index (χ0n) is 11.1. The van der Waals surface area contributed by atoms with Gasteiger partial charge in [0.05, 0.1) is 16.3 Å². The van der Waals surface area contributed by atoms with Crippen LogP contribution in [0.4, 0.5) is 0 Å². The minimum Gasteiger partial charge on any atom is -0.275 e. The SMILES string of the molecule is CC1=CC=CC(C(=O)N(N)C(C)(C)C)C1(C)Cl. The first-order valence-corrected chi connectivity index (χ1v) is 6.09. The van der Waals surface area contributed by atoms with Crippen molar-refractivity contribution in [1.29, 1.82) is 0 Å². The Morgan fingerprint density at radius 2 is 2.06 bits per heavy atom. The second-order valence-electron chi connectivity index (χ2n) is 5.67. The van der Waals surface area contributed by atoms with E-state index in [1.165, 1.54) is 5.01 Å². The molecule has 17 heavy (non-hydrogen) atoms. The van der Waals surface area contributed by atoms with Crippen LogP contribution in [0.2, 0.25) is 0 Å². The van der Waals surface area contributed by atoms with E-state index < -0.39 is 16.3 Å². The minimum atomic E-state index is -0.700. The summed E-state index contributed by atoms with van der Waals surface area (Å²) in [5.41, 5.74) is 0.565. The van der Waals surface area contributed by atoms with Gasteiger partial charge in [0, 0.05) is 0 Å². The Morgan fingerprint density at radius 1 is 1.53 bits per heavy atom. The van der Waals surface area contributed by atoms with E-state index in [1.54, 1.807) is 0 Å². The molecule has 0 saturated carbocycles. The fourth-order valence-electron chi connectivity index (χ4n) is 1.69. The fraction of sp³-hybridized carbons (Fsp3) is 0.615. The van der Waals surface area contributed by atoms with Gasteiger partial charge in [0.1, 0.15) is 0 Å². The molecule has 1 rings (SSSR count). The maximum Gasteiger partial charge on any atom is 0.246 e. The Bertz CT molecular complexity index is 377. The van der Waals surface area contributed by atoms with Crippen molar-refractivity contribution in [2.75, 3.05) is 0 Å². The summed E-state index contributed by atoms with van der Waals surface area (Å²) in [4.78, 5) is 11.6. The van der Waals surface area contributed by atoms with E-state index in [0.29, 0.717) is 0 Å². The van der Waals surface area contributed by atoms with Crippen molar-refractivity contribution in [2.24, 2.45) is 11.8 Å². The third-order valence-electron chi connectivity index (χ3n) is 3.23. The van der Waals surface area contributed by atoms with Crippen LogP contribution in [0, 0.1) is 5.92 Å². The van der Waals surface area contributed by atoms with Gasteiger partial charge in [0.15, 0.2) is 0 Å². The van der Waals surface area contributed by atoms with E-state index in [2.05, 4.69) is 0 Å². The van der Waals surface area contributed by atoms with Crippen LogP contribution in [0.1, 0.15) is 34.6 Å². The highest BCUT2D eigenvalue weighted by molar-refractivity contribution is 6.27. The summed E-state index contributed by atoms with van der Waals surface area (Å²) < 4.78 is 0. The van der Waals surface area contributed by atoms with Gasteiger partial charge in [-0.05, 0) is 34.6 Å². The van der Waals surface area contributed by atoms with E-state index in [9.17, 15) is 4.79 Å². The van der Waals surface area contributed by atoms with Crippen molar-refractivity contribution >= 4 is 17.5 Å². The Balaban J connectivity index is 2.99. The molecule has 1 aliphatic rings. The molecule has 2 unspecified atom stereocenters. The largest absolute Gasteiger partial charge is 0.275 e. The third kappa shape index (κ3) is 2.72. The first-order valence-electron chi connectivity index (χ1n) is 5.71. The lowest BCUT2D eigenvalue weighted by molar-refractivity contribution is -0.139. The van der Waals surface area contributed by atoms with Crippen LogP contribution in [0.15, 0.2) is 23.8 Å². The first kappa shape index (κ1) is 14.3. The number of hydrogen-bond acceptors (Lipinski definition) is 2. The number of carbonyl (C=O) groups is 1. The van der Waals surface area contributed by atoms with Crippen LogP contribution in [0.25, 0.3) is 0 Å². The summed E-state index contributed by atoms with van der Waals surface area (Å²) in [6.07, 6.45) is 5.60. The molecule has 2 N–H and O–H groups in total. The summed E-state index contributed by atoms with van der Waals surface area (Å²) >= 11 is 6.45. The molecule has 0 aromatic carbocycles. The molecule has 0 heterocycles. The summed E-state index contributed by atoms with van der Waals surface area (Å²) in [7, 11) is 0. The topological polar surface area (TPSA) is 46.3 Å². The second-order valence-corrected chi connectivity index (χ2v) is 6.45. The van der Waals surface area contributed by atoms with E-state index in [-0.39, 0.29) is 5.91 Å². The van der Waals surface area contributed by atoms with Crippen molar-refractivity contribution in [3.63, 3.8) is 0 Å². The summed E-state index contributed by atoms with van der Waals surface area (Å²) in [5, 5.41) is 1.27. The van der Waals surface area contributed by atoms with Gasteiger partial charge < -0.3 is 0 Å². The van der Waals surface area contributed by atoms with Gasteiger partial charge in [-0.1, -0.05) is 23.8 Å². The third-order valence-corrected chi connectivity index (χ3v) is 3.76. The van der Waals surface area contributed by atoms with E-state index in [1.807, 2.05) is 52.8 Å². The van der Waals surface area contributed by atoms with Gasteiger partial charge >= 0.3 is 0 Å². The average Bonchev–Trinajstić information content (AvgIpc) is 2.18. The van der Waals surface area contributed by atoms with Crippen LogP contribution in [0.5, 0.6) is 0 Å². The number of nitrogens with two attached hydrogens (primary N) is 1. The zero-order chi connectivity index (χ0) is 13.4. The van der Waals surface area contributed by atoms with Gasteiger partial charge in [-0.25, -0.2) is 5.84 Å². The molecule has 4 heteroatoms. The molecule has 0 bridgehead atoms. The van der Waals surface area contributed by atoms with Crippen molar-refractivity contribution in [2.45, 2.75) is 45.0 Å². The Hall–Kier alpha value is -0.800. The smallest absolute Gasteiger partial charge is 0.246 e. The predicted molar refractivity (Wildman–Crippen MR) is 71.4 cm³/mol. The van der Waals surface area contributed by atoms with Gasteiger partial charge in [-0.15, -0.1) is 11.6 Å². The van der Waals surface area contributed by atoms with E-state index in [4.69, 9.17) is 17.4 Å². The highest BCUT2D eigenvalue weighted by Gasteiger charge is 2.41. The lowest BCUT2D eigenvalue weighted by Crippen LogP contribution is -2.55. The van der Waals surface area contributed by atoms with Gasteiger partial charge in [0.2, 0.25) is 5.91 Å². The quantitative estimate of drug-likeness (QED) is 0.339. The van der Waals surface area contributed by atoms with Gasteiger partial charge in [-0.3, -0.25) is 9.80 Å². The van der Waals surface area contributed by atoms with Crippen molar-refractivity contribution in [3.8, 4) is 0 Å². The lowest BCUT2D eigenvalue weighted by atomic mass is 9.82. The van der Waals surface area contributed by atoms with Crippen molar-refractivity contribution in [1.82, 2.24) is 5.01 Å². The summed E-state index contributed by atoms with van der Waals surface area (Å²) in [5.74, 6) is 5.29. The number of halogens is 1. The van der Waals surface area contributed by atoms with Crippen molar-refractivity contribution < 1.29 is 4.79 Å². The molecule has 0 aromatic rings. The Kier molecular flexibility index (Phi) is 3.75.